The van der Waals surface area contributed by atoms with Crippen LogP contribution in [0.1, 0.15) is 37.3 Å². The molecule has 16 heavy (non-hydrogen) atoms. The zero-order valence-corrected chi connectivity index (χ0v) is 10.2. The third-order valence-electron chi connectivity index (χ3n) is 4.39. The van der Waals surface area contributed by atoms with E-state index in [2.05, 4.69) is 12.1 Å². The predicted octanol–water partition coefficient (Wildman–Crippen LogP) is 3.78. The molecule has 0 radical (unpaired) electrons. The fraction of sp³-hybridized carbons (Fsp3) is 0.571. The van der Waals surface area contributed by atoms with Crippen LogP contribution in [0.3, 0.4) is 0 Å². The minimum atomic E-state index is 0.227. The molecule has 3 unspecified atom stereocenters. The third kappa shape index (κ3) is 1.76. The van der Waals surface area contributed by atoms with Crippen molar-refractivity contribution in [3.63, 3.8) is 0 Å². The van der Waals surface area contributed by atoms with Gasteiger partial charge < -0.3 is 5.73 Å². The summed E-state index contributed by atoms with van der Waals surface area (Å²) in [6.07, 6.45) is 5.61. The van der Waals surface area contributed by atoms with Gasteiger partial charge in [-0.25, -0.2) is 0 Å². The number of hydrogen-bond acceptors (Lipinski definition) is 1. The van der Waals surface area contributed by atoms with E-state index in [1.54, 1.807) is 0 Å². The van der Waals surface area contributed by atoms with Crippen molar-refractivity contribution in [3.8, 4) is 0 Å². The van der Waals surface area contributed by atoms with Crippen LogP contribution in [0.2, 0.25) is 5.02 Å². The molecule has 1 aromatic rings. The van der Waals surface area contributed by atoms with Gasteiger partial charge in [0.05, 0.1) is 0 Å². The van der Waals surface area contributed by atoms with Crippen molar-refractivity contribution in [2.45, 2.75) is 31.7 Å². The summed E-state index contributed by atoms with van der Waals surface area (Å²) in [6.45, 7) is 0. The van der Waals surface area contributed by atoms with Gasteiger partial charge in [-0.15, -0.1) is 0 Å². The molecule has 3 rings (SSSR count). The Balaban J connectivity index is 1.74. The summed E-state index contributed by atoms with van der Waals surface area (Å²) in [6, 6.07) is 8.28. The number of benzene rings is 1. The van der Waals surface area contributed by atoms with Gasteiger partial charge >= 0.3 is 0 Å². The molecule has 3 atom stereocenters. The number of halogens is 1. The number of nitrogens with two attached hydrogens (primary N) is 1. The van der Waals surface area contributed by atoms with Crippen LogP contribution in [0, 0.1) is 17.8 Å². The molecule has 0 amide bonds. The molecule has 1 aromatic carbocycles. The average molecular weight is 236 g/mol. The summed E-state index contributed by atoms with van der Waals surface area (Å²) in [5.41, 5.74) is 7.62. The highest BCUT2D eigenvalue weighted by molar-refractivity contribution is 6.30. The number of rotatable bonds is 2. The van der Waals surface area contributed by atoms with Gasteiger partial charge in [0, 0.05) is 11.1 Å². The summed E-state index contributed by atoms with van der Waals surface area (Å²) >= 11 is 5.89. The SMILES string of the molecule is NC(c1ccc(Cl)cc1)C1C2CCCCC21. The quantitative estimate of drug-likeness (QED) is 0.830. The highest BCUT2D eigenvalue weighted by atomic mass is 35.5. The molecular formula is C14H18ClN. The summed E-state index contributed by atoms with van der Waals surface area (Å²) in [7, 11) is 0. The van der Waals surface area contributed by atoms with Gasteiger partial charge in [-0.3, -0.25) is 0 Å². The second kappa shape index (κ2) is 4.05. The first-order valence-corrected chi connectivity index (χ1v) is 6.66. The highest BCUT2D eigenvalue weighted by Gasteiger charge is 2.53. The molecule has 0 heterocycles. The summed E-state index contributed by atoms with van der Waals surface area (Å²) in [5.74, 6) is 2.57. The second-order valence-electron chi connectivity index (χ2n) is 5.27. The normalized spacial score (nSPS) is 34.2. The van der Waals surface area contributed by atoms with E-state index in [1.165, 1.54) is 31.2 Å². The van der Waals surface area contributed by atoms with Crippen molar-refractivity contribution in [1.29, 1.82) is 0 Å². The maximum Gasteiger partial charge on any atom is 0.0406 e. The van der Waals surface area contributed by atoms with Crippen LogP contribution >= 0.6 is 11.6 Å². The molecule has 0 spiro atoms. The highest BCUT2D eigenvalue weighted by Crippen LogP contribution is 2.59. The first-order chi connectivity index (χ1) is 7.77. The van der Waals surface area contributed by atoms with Crippen LogP contribution in [-0.4, -0.2) is 0 Å². The van der Waals surface area contributed by atoms with Crippen molar-refractivity contribution in [2.24, 2.45) is 23.5 Å². The van der Waals surface area contributed by atoms with Gasteiger partial charge in [0.2, 0.25) is 0 Å². The Morgan fingerprint density at radius 1 is 1.06 bits per heavy atom. The van der Waals surface area contributed by atoms with Crippen molar-refractivity contribution < 1.29 is 0 Å². The zero-order valence-electron chi connectivity index (χ0n) is 9.40. The van der Waals surface area contributed by atoms with Gasteiger partial charge in [0.1, 0.15) is 0 Å². The molecule has 2 aliphatic carbocycles. The molecule has 2 fully saturated rings. The van der Waals surface area contributed by atoms with Crippen LogP contribution in [0.25, 0.3) is 0 Å². The van der Waals surface area contributed by atoms with Crippen molar-refractivity contribution in [2.75, 3.05) is 0 Å². The molecule has 2 N–H and O–H groups in total. The van der Waals surface area contributed by atoms with E-state index in [0.29, 0.717) is 0 Å². The van der Waals surface area contributed by atoms with E-state index in [0.717, 1.165) is 22.8 Å². The first kappa shape index (κ1) is 10.6. The lowest BCUT2D eigenvalue weighted by Crippen LogP contribution is -2.14. The molecule has 0 aliphatic heterocycles. The summed E-state index contributed by atoms with van der Waals surface area (Å²) < 4.78 is 0. The van der Waals surface area contributed by atoms with Gasteiger partial charge in [0.25, 0.3) is 0 Å². The minimum Gasteiger partial charge on any atom is -0.324 e. The Labute approximate surface area is 102 Å². The van der Waals surface area contributed by atoms with Crippen molar-refractivity contribution >= 4 is 11.6 Å². The number of hydrogen-bond donors (Lipinski definition) is 1. The number of fused-ring (bicyclic) bond motifs is 1. The lowest BCUT2D eigenvalue weighted by atomic mass is 10.0. The van der Waals surface area contributed by atoms with E-state index < -0.39 is 0 Å². The molecule has 2 saturated carbocycles. The Bertz CT molecular complexity index is 361. The zero-order chi connectivity index (χ0) is 11.1. The van der Waals surface area contributed by atoms with Crippen LogP contribution in [-0.2, 0) is 0 Å². The fourth-order valence-corrected chi connectivity index (χ4v) is 3.61. The third-order valence-corrected chi connectivity index (χ3v) is 4.64. The van der Waals surface area contributed by atoms with Crippen LogP contribution in [0.4, 0.5) is 0 Å². The molecule has 0 bridgehead atoms. The first-order valence-electron chi connectivity index (χ1n) is 6.28. The molecule has 0 aromatic heterocycles. The molecule has 2 heteroatoms. The Kier molecular flexibility index (Phi) is 2.68. The standard InChI is InChI=1S/C14H18ClN/c15-10-7-5-9(6-8-10)14(16)13-11-3-1-2-4-12(11)13/h5-8,11-14H,1-4,16H2. The van der Waals surface area contributed by atoms with Crippen LogP contribution in [0.5, 0.6) is 0 Å². The summed E-state index contributed by atoms with van der Waals surface area (Å²) in [5, 5.41) is 0.796. The largest absolute Gasteiger partial charge is 0.324 e. The van der Waals surface area contributed by atoms with Gasteiger partial charge in [-0.05, 0) is 48.3 Å². The Hall–Kier alpha value is -0.530. The maximum atomic E-state index is 6.37. The predicted molar refractivity (Wildman–Crippen MR) is 67.3 cm³/mol. The van der Waals surface area contributed by atoms with Crippen LogP contribution < -0.4 is 5.73 Å². The van der Waals surface area contributed by atoms with Gasteiger partial charge in [0.15, 0.2) is 0 Å². The minimum absolute atomic E-state index is 0.227. The Morgan fingerprint density at radius 2 is 1.62 bits per heavy atom. The Morgan fingerprint density at radius 3 is 2.19 bits per heavy atom. The van der Waals surface area contributed by atoms with E-state index >= 15 is 0 Å². The average Bonchev–Trinajstić information content (AvgIpc) is 3.03. The smallest absolute Gasteiger partial charge is 0.0406 e. The lowest BCUT2D eigenvalue weighted by Gasteiger charge is -2.11. The molecule has 2 aliphatic rings. The van der Waals surface area contributed by atoms with Crippen molar-refractivity contribution in [1.82, 2.24) is 0 Å². The lowest BCUT2D eigenvalue weighted by molar-refractivity contribution is 0.480. The van der Waals surface area contributed by atoms with Crippen LogP contribution in [0.15, 0.2) is 24.3 Å². The monoisotopic (exact) mass is 235 g/mol. The van der Waals surface area contributed by atoms with Gasteiger partial charge in [-0.2, -0.15) is 0 Å². The van der Waals surface area contributed by atoms with E-state index in [4.69, 9.17) is 17.3 Å². The molecular weight excluding hydrogens is 218 g/mol. The molecule has 86 valence electrons. The maximum absolute atomic E-state index is 6.37. The summed E-state index contributed by atoms with van der Waals surface area (Å²) in [4.78, 5) is 0. The second-order valence-corrected chi connectivity index (χ2v) is 5.70. The topological polar surface area (TPSA) is 26.0 Å². The van der Waals surface area contributed by atoms with E-state index in [-0.39, 0.29) is 6.04 Å². The molecule has 1 nitrogen and oxygen atoms in total. The van der Waals surface area contributed by atoms with E-state index in [1.807, 2.05) is 12.1 Å². The van der Waals surface area contributed by atoms with E-state index in [9.17, 15) is 0 Å². The fourth-order valence-electron chi connectivity index (χ4n) is 3.49. The van der Waals surface area contributed by atoms with Crippen molar-refractivity contribution in [3.05, 3.63) is 34.9 Å². The van der Waals surface area contributed by atoms with Gasteiger partial charge in [-0.1, -0.05) is 36.6 Å². The molecule has 0 saturated heterocycles.